The van der Waals surface area contributed by atoms with Crippen molar-refractivity contribution in [1.29, 1.82) is 0 Å². The number of hydrogen-bond donors (Lipinski definition) is 1. The van der Waals surface area contributed by atoms with Crippen molar-refractivity contribution in [3.63, 3.8) is 0 Å². The summed E-state index contributed by atoms with van der Waals surface area (Å²) in [6, 6.07) is 15.0. The number of phenols is 1. The second-order valence-electron chi connectivity index (χ2n) is 4.00. The Kier molecular flexibility index (Phi) is 4.15. The van der Waals surface area contributed by atoms with Crippen LogP contribution in [0.2, 0.25) is 0 Å². The molecule has 92 valence electrons. The van der Waals surface area contributed by atoms with Gasteiger partial charge in [-0.2, -0.15) is 0 Å². The van der Waals surface area contributed by atoms with Crippen molar-refractivity contribution in [1.82, 2.24) is 0 Å². The molecule has 0 aliphatic heterocycles. The van der Waals surface area contributed by atoms with Crippen LogP contribution in [-0.2, 0) is 0 Å². The number of phenolic OH excluding ortho intramolecular Hbond substituents is 1. The molecule has 0 saturated carbocycles. The van der Waals surface area contributed by atoms with Crippen LogP contribution in [0.1, 0.15) is 16.7 Å². The van der Waals surface area contributed by atoms with Gasteiger partial charge in [-0.25, -0.2) is 4.85 Å². The van der Waals surface area contributed by atoms with Gasteiger partial charge in [-0.05, 0) is 28.8 Å². The van der Waals surface area contributed by atoms with E-state index in [2.05, 4.69) is 4.85 Å². The first-order chi connectivity index (χ1) is 9.29. The smallest absolute Gasteiger partial charge is 0.154 e. The van der Waals surface area contributed by atoms with E-state index in [4.69, 9.17) is 6.57 Å². The molecule has 2 rings (SSSR count). The van der Waals surface area contributed by atoms with Crippen LogP contribution < -0.4 is 0 Å². The van der Waals surface area contributed by atoms with Crippen molar-refractivity contribution >= 4 is 18.2 Å². The van der Waals surface area contributed by atoms with Gasteiger partial charge in [0.05, 0.1) is 6.57 Å². The van der Waals surface area contributed by atoms with E-state index in [0.29, 0.717) is 0 Å². The first-order valence-electron chi connectivity index (χ1n) is 5.89. The predicted octanol–water partition coefficient (Wildman–Crippen LogP) is 4.45. The molecule has 2 aromatic carbocycles. The summed E-state index contributed by atoms with van der Waals surface area (Å²) in [7, 11) is 0. The molecule has 0 saturated heterocycles. The van der Waals surface area contributed by atoms with Crippen molar-refractivity contribution in [2.45, 2.75) is 0 Å². The highest BCUT2D eigenvalue weighted by atomic mass is 16.3. The summed E-state index contributed by atoms with van der Waals surface area (Å²) in [5.74, 6) is 0.215. The van der Waals surface area contributed by atoms with Crippen LogP contribution in [0.15, 0.2) is 54.7 Å². The zero-order valence-corrected chi connectivity index (χ0v) is 10.3. The average Bonchev–Trinajstić information content (AvgIpc) is 2.45. The predicted molar refractivity (Wildman–Crippen MR) is 79.1 cm³/mol. The summed E-state index contributed by atoms with van der Waals surface area (Å²) in [6.45, 7) is 6.77. The highest BCUT2D eigenvalue weighted by Crippen LogP contribution is 2.20. The third-order valence-corrected chi connectivity index (χ3v) is 2.65. The largest absolute Gasteiger partial charge is 0.508 e. The van der Waals surface area contributed by atoms with Gasteiger partial charge in [0.25, 0.3) is 0 Å². The number of nitrogens with zero attached hydrogens (tertiary/aromatic N) is 1. The van der Waals surface area contributed by atoms with Gasteiger partial charge >= 0.3 is 0 Å². The zero-order valence-electron chi connectivity index (χ0n) is 10.3. The molecule has 0 heterocycles. The Morgan fingerprint density at radius 3 is 2.42 bits per heavy atom. The molecule has 1 N–H and O–H groups in total. The Balaban J connectivity index is 2.33. The van der Waals surface area contributed by atoms with E-state index in [9.17, 15) is 5.11 Å². The Morgan fingerprint density at radius 1 is 0.895 bits per heavy atom. The monoisotopic (exact) mass is 247 g/mol. The van der Waals surface area contributed by atoms with Crippen LogP contribution in [0.25, 0.3) is 23.1 Å². The molecule has 2 nitrogen and oxygen atoms in total. The highest BCUT2D eigenvalue weighted by Gasteiger charge is 1.97. The fourth-order valence-electron chi connectivity index (χ4n) is 1.73. The van der Waals surface area contributed by atoms with E-state index in [-0.39, 0.29) is 5.75 Å². The van der Waals surface area contributed by atoms with E-state index >= 15 is 0 Å². The maximum Gasteiger partial charge on any atom is 0.154 e. The van der Waals surface area contributed by atoms with Crippen LogP contribution in [0.3, 0.4) is 0 Å². The molecule has 0 atom stereocenters. The molecule has 0 aliphatic rings. The minimum absolute atomic E-state index is 0.215. The highest BCUT2D eigenvalue weighted by molar-refractivity contribution is 5.75. The number of aromatic hydroxyl groups is 1. The third-order valence-electron chi connectivity index (χ3n) is 2.65. The lowest BCUT2D eigenvalue weighted by atomic mass is 10.1. The molecule has 0 amide bonds. The quantitative estimate of drug-likeness (QED) is 0.628. The van der Waals surface area contributed by atoms with Gasteiger partial charge in [-0.15, -0.1) is 0 Å². The molecule has 0 unspecified atom stereocenters. The van der Waals surface area contributed by atoms with E-state index in [1.54, 1.807) is 24.3 Å². The lowest BCUT2D eigenvalue weighted by Crippen LogP contribution is -1.80. The maximum absolute atomic E-state index is 9.54. The molecule has 2 heteroatoms. The Morgan fingerprint density at radius 2 is 1.68 bits per heavy atom. The molecule has 0 spiro atoms. The minimum Gasteiger partial charge on any atom is -0.508 e. The van der Waals surface area contributed by atoms with Gasteiger partial charge in [-0.3, -0.25) is 0 Å². The molecule has 0 aromatic heterocycles. The molecule has 0 fully saturated rings. The van der Waals surface area contributed by atoms with Crippen molar-refractivity contribution in [3.05, 3.63) is 82.8 Å². The zero-order chi connectivity index (χ0) is 13.5. The first-order valence-corrected chi connectivity index (χ1v) is 5.89. The first kappa shape index (κ1) is 12.7. The minimum atomic E-state index is 0.215. The van der Waals surface area contributed by atoms with E-state index < -0.39 is 0 Å². The van der Waals surface area contributed by atoms with Gasteiger partial charge in [0.2, 0.25) is 0 Å². The van der Waals surface area contributed by atoms with E-state index in [0.717, 1.165) is 16.7 Å². The number of benzene rings is 2. The standard InChI is InChI=1S/C17H13NO/c1-18-12-11-15-9-10-17(19)13-16(15)8-7-14-5-3-2-4-6-14/h2-13,19H/b8-7+,12-11+. The summed E-state index contributed by atoms with van der Waals surface area (Å²) in [5, 5.41) is 9.54. The second-order valence-corrected chi connectivity index (χ2v) is 4.00. The number of hydrogen-bond acceptors (Lipinski definition) is 1. The number of rotatable bonds is 3. The van der Waals surface area contributed by atoms with Gasteiger partial charge in [0.1, 0.15) is 5.75 Å². The summed E-state index contributed by atoms with van der Waals surface area (Å²) >= 11 is 0. The SMILES string of the molecule is [C-]#[N+]/C=C/c1ccc(O)cc1/C=C/c1ccccc1. The normalized spacial score (nSPS) is 10.9. The Hall–Kier alpha value is -2.79. The Bertz CT molecular complexity index is 649. The van der Waals surface area contributed by atoms with Gasteiger partial charge in [0.15, 0.2) is 6.20 Å². The summed E-state index contributed by atoms with van der Waals surface area (Å²) in [5.41, 5.74) is 2.87. The van der Waals surface area contributed by atoms with Crippen LogP contribution in [0.5, 0.6) is 5.75 Å². The van der Waals surface area contributed by atoms with Crippen molar-refractivity contribution < 1.29 is 5.11 Å². The summed E-state index contributed by atoms with van der Waals surface area (Å²) in [6.07, 6.45) is 7.05. The second kappa shape index (κ2) is 6.23. The van der Waals surface area contributed by atoms with Crippen LogP contribution in [0.4, 0.5) is 0 Å². The molecule has 0 bridgehead atoms. The summed E-state index contributed by atoms with van der Waals surface area (Å²) in [4.78, 5) is 3.20. The van der Waals surface area contributed by atoms with Crippen LogP contribution >= 0.6 is 0 Å². The average molecular weight is 247 g/mol. The fraction of sp³-hybridized carbons (Fsp3) is 0. The summed E-state index contributed by atoms with van der Waals surface area (Å²) < 4.78 is 0. The van der Waals surface area contributed by atoms with Gasteiger partial charge in [-0.1, -0.05) is 54.6 Å². The molecular formula is C17H13NO. The van der Waals surface area contributed by atoms with Crippen molar-refractivity contribution in [3.8, 4) is 5.75 Å². The van der Waals surface area contributed by atoms with Gasteiger partial charge < -0.3 is 5.11 Å². The van der Waals surface area contributed by atoms with Gasteiger partial charge in [0, 0.05) is 0 Å². The third kappa shape index (κ3) is 3.58. The molecule has 19 heavy (non-hydrogen) atoms. The lowest BCUT2D eigenvalue weighted by molar-refractivity contribution is 0.475. The molecule has 0 aliphatic carbocycles. The van der Waals surface area contributed by atoms with Crippen LogP contribution in [0, 0.1) is 6.57 Å². The lowest BCUT2D eigenvalue weighted by Gasteiger charge is -2.02. The fourth-order valence-corrected chi connectivity index (χ4v) is 1.73. The van der Waals surface area contributed by atoms with Crippen LogP contribution in [-0.4, -0.2) is 5.11 Å². The molecular weight excluding hydrogens is 234 g/mol. The topological polar surface area (TPSA) is 24.6 Å². The Labute approximate surface area is 112 Å². The maximum atomic E-state index is 9.54. The van der Waals surface area contributed by atoms with Crippen molar-refractivity contribution in [2.75, 3.05) is 0 Å². The molecule has 0 radical (unpaired) electrons. The van der Waals surface area contributed by atoms with E-state index in [1.165, 1.54) is 6.20 Å². The van der Waals surface area contributed by atoms with Crippen molar-refractivity contribution in [2.24, 2.45) is 0 Å². The van der Waals surface area contributed by atoms with E-state index in [1.807, 2.05) is 42.5 Å². The molecule has 2 aromatic rings.